The van der Waals surface area contributed by atoms with Crippen LogP contribution in [0, 0.1) is 18.8 Å². The molecule has 1 N–H and O–H groups in total. The van der Waals surface area contributed by atoms with Gasteiger partial charge in [-0.25, -0.2) is 0 Å². The quantitative estimate of drug-likeness (QED) is 0.292. The lowest BCUT2D eigenvalue weighted by atomic mass is 9.80. The minimum Gasteiger partial charge on any atom is -0.496 e. The van der Waals surface area contributed by atoms with E-state index in [1.807, 2.05) is 13.8 Å². The van der Waals surface area contributed by atoms with Gasteiger partial charge in [-0.05, 0) is 93.5 Å². The second kappa shape index (κ2) is 15.0. The van der Waals surface area contributed by atoms with Gasteiger partial charge in [-0.15, -0.1) is 0 Å². The Balaban J connectivity index is 0.000000279. The molecule has 0 saturated heterocycles. The normalized spacial score (nSPS) is 17.1. The fourth-order valence-electron chi connectivity index (χ4n) is 7.03. The number of carbonyl (C=O) groups is 2. The Morgan fingerprint density at radius 2 is 1.15 bits per heavy atom. The van der Waals surface area contributed by atoms with E-state index in [1.54, 1.807) is 7.11 Å². The van der Waals surface area contributed by atoms with Crippen LogP contribution in [0.25, 0.3) is 11.1 Å². The molecule has 4 nitrogen and oxygen atoms in total. The lowest BCUT2D eigenvalue weighted by molar-refractivity contribution is 0.0939. The van der Waals surface area contributed by atoms with Crippen LogP contribution < -0.4 is 4.74 Å². The first-order valence-electron chi connectivity index (χ1n) is 17.4. The molecular formula is C43H59BrO4. The van der Waals surface area contributed by atoms with E-state index in [1.165, 1.54) is 33.4 Å². The number of Topliss-reactive ketones (excluding diaryl/α,β-unsaturated/α-hetero) is 2. The smallest absolute Gasteiger partial charge is 0.166 e. The minimum absolute atomic E-state index is 0.0292. The van der Waals surface area contributed by atoms with Crippen molar-refractivity contribution < 1.29 is 19.4 Å². The molecule has 0 heterocycles. The maximum Gasteiger partial charge on any atom is 0.166 e. The van der Waals surface area contributed by atoms with Crippen molar-refractivity contribution in [1.29, 1.82) is 0 Å². The zero-order valence-corrected chi connectivity index (χ0v) is 33.7. The molecule has 0 saturated carbocycles. The van der Waals surface area contributed by atoms with Gasteiger partial charge in [0.15, 0.2) is 11.6 Å². The van der Waals surface area contributed by atoms with Gasteiger partial charge in [-0.1, -0.05) is 117 Å². The fraction of sp³-hybridized carbons (Fsp3) is 0.535. The Bertz CT molecular complexity index is 1650. The van der Waals surface area contributed by atoms with Crippen LogP contribution in [0.1, 0.15) is 155 Å². The maximum absolute atomic E-state index is 13.0. The van der Waals surface area contributed by atoms with Gasteiger partial charge in [0.2, 0.25) is 0 Å². The van der Waals surface area contributed by atoms with Gasteiger partial charge in [-0.2, -0.15) is 0 Å². The van der Waals surface area contributed by atoms with Crippen LogP contribution in [-0.4, -0.2) is 30.9 Å². The van der Waals surface area contributed by atoms with Gasteiger partial charge in [0, 0.05) is 45.7 Å². The highest BCUT2D eigenvalue weighted by molar-refractivity contribution is 9.10. The summed E-state index contributed by atoms with van der Waals surface area (Å²) in [7, 11) is 2.76. The van der Waals surface area contributed by atoms with Crippen LogP contribution in [0.5, 0.6) is 5.75 Å². The molecule has 3 aromatic carbocycles. The molecule has 2 aliphatic carbocycles. The highest BCUT2D eigenvalue weighted by Gasteiger charge is 2.35. The van der Waals surface area contributed by atoms with Crippen LogP contribution in [0.3, 0.4) is 0 Å². The van der Waals surface area contributed by atoms with E-state index in [0.29, 0.717) is 17.6 Å². The summed E-state index contributed by atoms with van der Waals surface area (Å²) >= 11 is 3.68. The van der Waals surface area contributed by atoms with E-state index >= 15 is 0 Å². The summed E-state index contributed by atoms with van der Waals surface area (Å²) in [5, 5.41) is 7.00. The molecule has 0 fully saturated rings. The average molecular weight is 720 g/mol. The number of aliphatic hydroxyl groups is 1. The summed E-state index contributed by atoms with van der Waals surface area (Å²) in [6.07, 6.45) is 1.66. The molecule has 2 unspecified atom stereocenters. The number of hydrogen-bond donors (Lipinski definition) is 1. The molecule has 48 heavy (non-hydrogen) atoms. The largest absolute Gasteiger partial charge is 0.496 e. The molecule has 0 spiro atoms. The topological polar surface area (TPSA) is 63.6 Å². The third-order valence-corrected chi connectivity index (χ3v) is 10.9. The van der Waals surface area contributed by atoms with Crippen LogP contribution in [0.4, 0.5) is 0 Å². The van der Waals surface area contributed by atoms with Gasteiger partial charge in [0.1, 0.15) is 5.75 Å². The molecular weight excluding hydrogens is 660 g/mol. The van der Waals surface area contributed by atoms with Gasteiger partial charge in [-0.3, -0.25) is 9.59 Å². The zero-order chi connectivity index (χ0) is 36.6. The van der Waals surface area contributed by atoms with Crippen molar-refractivity contribution in [2.24, 2.45) is 11.8 Å². The lowest BCUT2D eigenvalue weighted by Crippen LogP contribution is -2.15. The van der Waals surface area contributed by atoms with Gasteiger partial charge in [0.05, 0.1) is 7.11 Å². The van der Waals surface area contributed by atoms with Crippen molar-refractivity contribution in [3.8, 4) is 16.9 Å². The number of aliphatic hydroxyl groups excluding tert-OH is 1. The van der Waals surface area contributed by atoms with Crippen LogP contribution >= 0.6 is 15.9 Å². The summed E-state index contributed by atoms with van der Waals surface area (Å²) in [6.45, 7) is 28.3. The molecule has 0 aliphatic heterocycles. The summed E-state index contributed by atoms with van der Waals surface area (Å²) < 4.78 is 7.18. The maximum atomic E-state index is 13.0. The molecule has 0 amide bonds. The molecule has 5 heteroatoms. The Morgan fingerprint density at radius 3 is 1.56 bits per heavy atom. The number of benzene rings is 3. The first-order valence-corrected chi connectivity index (χ1v) is 18.2. The number of methoxy groups -OCH3 is 1. The van der Waals surface area contributed by atoms with Crippen molar-refractivity contribution in [2.45, 2.75) is 126 Å². The van der Waals surface area contributed by atoms with E-state index in [2.05, 4.69) is 122 Å². The number of carbonyl (C=O) groups excluding carboxylic acids is 2. The van der Waals surface area contributed by atoms with E-state index in [9.17, 15) is 9.59 Å². The van der Waals surface area contributed by atoms with Gasteiger partial charge < -0.3 is 9.84 Å². The Kier molecular flexibility index (Phi) is 12.4. The molecule has 2 atom stereocenters. The standard InChI is InChI=1S/C27H36O2.C15H19BrO.CH4O/c1-15(2)18-11-19(16(3)4)13-20(12-18)24-21-10-17(5)25(28)22(21)14-23(26(24)29-9)27(6,7)8;1-8-6-10-11(14(8)17)7-12(15(3,4)5)9(2)13(10)16;1-2/h11-17H,10H2,1-9H3;7-8H,6H2,1-5H3;2H,1H3. The van der Waals surface area contributed by atoms with Crippen molar-refractivity contribution in [3.63, 3.8) is 0 Å². The first kappa shape index (κ1) is 39.7. The molecule has 0 radical (unpaired) electrons. The molecule has 3 aromatic rings. The number of fused-ring (bicyclic) bond motifs is 2. The molecule has 262 valence electrons. The van der Waals surface area contributed by atoms with E-state index in [4.69, 9.17) is 9.84 Å². The molecule has 0 aromatic heterocycles. The second-order valence-corrected chi connectivity index (χ2v) is 17.2. The van der Waals surface area contributed by atoms with Crippen LogP contribution in [0.15, 0.2) is 34.8 Å². The summed E-state index contributed by atoms with van der Waals surface area (Å²) in [5.41, 5.74) is 12.8. The predicted octanol–water partition coefficient (Wildman–Crippen LogP) is 11.3. The van der Waals surface area contributed by atoms with Crippen molar-refractivity contribution >= 4 is 27.5 Å². The Hall–Kier alpha value is -2.76. The van der Waals surface area contributed by atoms with E-state index < -0.39 is 0 Å². The molecule has 0 bridgehead atoms. The number of ether oxygens (including phenoxy) is 1. The van der Waals surface area contributed by atoms with Crippen molar-refractivity contribution in [1.82, 2.24) is 0 Å². The SMILES string of the molecule is CO.COc1c(C(C)(C)C)cc2c(c1-c1cc(C(C)C)cc(C(C)C)c1)CC(C)C2=O.Cc1c(C(C)(C)C)cc2c(c1Br)CC(C)C2=O. The Labute approximate surface area is 299 Å². The minimum atomic E-state index is -0.113. The highest BCUT2D eigenvalue weighted by atomic mass is 79.9. The molecule has 2 aliphatic rings. The monoisotopic (exact) mass is 718 g/mol. The third kappa shape index (κ3) is 7.83. The zero-order valence-electron chi connectivity index (χ0n) is 32.2. The summed E-state index contributed by atoms with van der Waals surface area (Å²) in [4.78, 5) is 25.1. The number of hydrogen-bond acceptors (Lipinski definition) is 4. The first-order chi connectivity index (χ1) is 22.2. The lowest BCUT2D eigenvalue weighted by Gasteiger charge is -2.27. The van der Waals surface area contributed by atoms with Gasteiger partial charge >= 0.3 is 0 Å². The second-order valence-electron chi connectivity index (χ2n) is 16.4. The average Bonchev–Trinajstić information content (AvgIpc) is 3.46. The summed E-state index contributed by atoms with van der Waals surface area (Å²) in [5.74, 6) is 2.53. The van der Waals surface area contributed by atoms with Crippen LogP contribution in [-0.2, 0) is 23.7 Å². The number of rotatable bonds is 4. The van der Waals surface area contributed by atoms with Crippen LogP contribution in [0.2, 0.25) is 0 Å². The van der Waals surface area contributed by atoms with Crippen molar-refractivity contribution in [3.05, 3.63) is 84.9 Å². The third-order valence-electron chi connectivity index (χ3n) is 9.87. The number of halogens is 1. The van der Waals surface area contributed by atoms with Crippen molar-refractivity contribution in [2.75, 3.05) is 14.2 Å². The van der Waals surface area contributed by atoms with E-state index in [0.717, 1.165) is 58.0 Å². The molecule has 5 rings (SSSR count). The summed E-state index contributed by atoms with van der Waals surface area (Å²) in [6, 6.07) is 11.1. The number of ketones is 2. The Morgan fingerprint density at radius 1 is 0.729 bits per heavy atom. The van der Waals surface area contributed by atoms with E-state index in [-0.39, 0.29) is 28.4 Å². The predicted molar refractivity (Wildman–Crippen MR) is 205 cm³/mol. The van der Waals surface area contributed by atoms with Gasteiger partial charge in [0.25, 0.3) is 0 Å². The fourth-order valence-corrected chi connectivity index (χ4v) is 7.62. The highest BCUT2D eigenvalue weighted by Crippen LogP contribution is 2.47.